The Morgan fingerprint density at radius 2 is 2.54 bits per heavy atom. The minimum Gasteiger partial charge on any atom is -0.378 e. The predicted molar refractivity (Wildman–Crippen MR) is 54.2 cm³/mol. The number of hydrogen-bond acceptors (Lipinski definition) is 4. The number of ether oxygens (including phenoxy) is 1. The summed E-state index contributed by atoms with van der Waals surface area (Å²) in [5.41, 5.74) is 1.12. The molecule has 2 atom stereocenters. The minimum atomic E-state index is 0.429. The summed E-state index contributed by atoms with van der Waals surface area (Å²) in [5, 5.41) is 5.43. The van der Waals surface area contributed by atoms with E-state index in [0.29, 0.717) is 12.1 Å². The number of aromatic nitrogens is 1. The van der Waals surface area contributed by atoms with E-state index in [-0.39, 0.29) is 0 Å². The zero-order chi connectivity index (χ0) is 9.10. The lowest BCUT2D eigenvalue weighted by molar-refractivity contribution is 0.0214. The molecule has 0 radical (unpaired) electrons. The topological polar surface area (TPSA) is 34.2 Å². The Hall–Kier alpha value is -0.610. The average Bonchev–Trinajstić information content (AvgIpc) is 2.62. The van der Waals surface area contributed by atoms with Crippen molar-refractivity contribution in [1.82, 2.24) is 4.37 Å². The second-order valence-corrected chi connectivity index (χ2v) is 4.13. The maximum Gasteiger partial charge on any atom is 0.0671 e. The third-order valence-electron chi connectivity index (χ3n) is 2.31. The van der Waals surface area contributed by atoms with Crippen LogP contribution in [0.4, 0.5) is 5.69 Å². The summed E-state index contributed by atoms with van der Waals surface area (Å²) in [4.78, 5) is 0. The van der Waals surface area contributed by atoms with Crippen LogP contribution in [0.2, 0.25) is 0 Å². The van der Waals surface area contributed by atoms with Crippen LogP contribution in [-0.4, -0.2) is 23.1 Å². The van der Waals surface area contributed by atoms with Crippen molar-refractivity contribution < 1.29 is 4.74 Å². The van der Waals surface area contributed by atoms with E-state index < -0.39 is 0 Å². The van der Waals surface area contributed by atoms with Gasteiger partial charge in [0.15, 0.2) is 0 Å². The van der Waals surface area contributed by atoms with E-state index in [2.05, 4.69) is 16.6 Å². The van der Waals surface area contributed by atoms with Crippen LogP contribution < -0.4 is 5.32 Å². The molecule has 1 aromatic heterocycles. The molecule has 1 aliphatic heterocycles. The lowest BCUT2D eigenvalue weighted by atomic mass is 10.1. The first-order valence-corrected chi connectivity index (χ1v) is 5.46. The maximum absolute atomic E-state index is 5.56. The molecule has 4 heteroatoms. The lowest BCUT2D eigenvalue weighted by Crippen LogP contribution is -2.33. The molecule has 0 aromatic carbocycles. The van der Waals surface area contributed by atoms with Gasteiger partial charge >= 0.3 is 0 Å². The largest absolute Gasteiger partial charge is 0.378 e. The molecule has 0 bridgehead atoms. The summed E-state index contributed by atoms with van der Waals surface area (Å²) in [6.07, 6.45) is 4.63. The molecule has 72 valence electrons. The molecule has 2 unspecified atom stereocenters. The van der Waals surface area contributed by atoms with Gasteiger partial charge in [0, 0.05) is 11.4 Å². The van der Waals surface area contributed by atoms with Gasteiger partial charge in [0.05, 0.1) is 24.6 Å². The molecule has 1 saturated heterocycles. The predicted octanol–water partition coefficient (Wildman–Crippen LogP) is 2.12. The highest BCUT2D eigenvalue weighted by molar-refractivity contribution is 7.04. The number of anilines is 1. The van der Waals surface area contributed by atoms with E-state index in [1.807, 2.05) is 11.6 Å². The molecule has 0 saturated carbocycles. The molecule has 1 fully saturated rings. The number of nitrogens with zero attached hydrogens (tertiary/aromatic N) is 1. The zero-order valence-corrected chi connectivity index (χ0v) is 8.51. The zero-order valence-electron chi connectivity index (χ0n) is 7.69. The fourth-order valence-corrected chi connectivity index (χ4v) is 1.99. The van der Waals surface area contributed by atoms with Gasteiger partial charge in [0.1, 0.15) is 0 Å². The molecule has 0 amide bonds. The molecule has 0 aliphatic carbocycles. The van der Waals surface area contributed by atoms with Crippen LogP contribution >= 0.6 is 11.5 Å². The monoisotopic (exact) mass is 198 g/mol. The first kappa shape index (κ1) is 8.97. The van der Waals surface area contributed by atoms with E-state index in [9.17, 15) is 0 Å². The first-order chi connectivity index (χ1) is 6.34. The fraction of sp³-hybridized carbons (Fsp3) is 0.667. The van der Waals surface area contributed by atoms with Crippen LogP contribution in [0.3, 0.4) is 0 Å². The van der Waals surface area contributed by atoms with Gasteiger partial charge in [-0.1, -0.05) is 0 Å². The average molecular weight is 198 g/mol. The van der Waals surface area contributed by atoms with E-state index in [0.717, 1.165) is 18.7 Å². The second-order valence-electron chi connectivity index (χ2n) is 3.48. The summed E-state index contributed by atoms with van der Waals surface area (Å²) in [7, 11) is 0. The van der Waals surface area contributed by atoms with Crippen molar-refractivity contribution in [2.75, 3.05) is 11.9 Å². The Balaban J connectivity index is 1.83. The molecule has 2 heterocycles. The summed E-state index contributed by atoms with van der Waals surface area (Å²) in [5.74, 6) is 0. The van der Waals surface area contributed by atoms with Gasteiger partial charge in [-0.2, -0.15) is 4.37 Å². The first-order valence-electron chi connectivity index (χ1n) is 4.62. The Bertz CT molecular complexity index is 242. The summed E-state index contributed by atoms with van der Waals surface area (Å²) >= 11 is 1.48. The van der Waals surface area contributed by atoms with Gasteiger partial charge < -0.3 is 10.1 Å². The highest BCUT2D eigenvalue weighted by Gasteiger charge is 2.18. The standard InChI is InChI=1S/C9H14N2OS/c1-7-2-3-8(5-12-7)11-9-4-10-13-6-9/h4,6-8,11H,2-3,5H2,1H3. The molecular weight excluding hydrogens is 184 g/mol. The summed E-state index contributed by atoms with van der Waals surface area (Å²) in [6, 6.07) is 0.465. The van der Waals surface area contributed by atoms with Crippen molar-refractivity contribution in [3.8, 4) is 0 Å². The van der Waals surface area contributed by atoms with Gasteiger partial charge in [0.2, 0.25) is 0 Å². The van der Waals surface area contributed by atoms with Gasteiger partial charge in [-0.05, 0) is 31.3 Å². The highest BCUT2D eigenvalue weighted by atomic mass is 32.1. The Kier molecular flexibility index (Phi) is 2.80. The molecule has 3 nitrogen and oxygen atoms in total. The molecule has 1 N–H and O–H groups in total. The second kappa shape index (κ2) is 4.07. The molecular formula is C9H14N2OS. The quantitative estimate of drug-likeness (QED) is 0.790. The third-order valence-corrected chi connectivity index (χ3v) is 2.89. The van der Waals surface area contributed by atoms with Crippen molar-refractivity contribution in [3.05, 3.63) is 11.6 Å². The normalized spacial score (nSPS) is 28.7. The van der Waals surface area contributed by atoms with Crippen molar-refractivity contribution in [3.63, 3.8) is 0 Å². The molecule has 13 heavy (non-hydrogen) atoms. The Labute approximate surface area is 82.3 Å². The summed E-state index contributed by atoms with van der Waals surface area (Å²) < 4.78 is 9.60. The number of nitrogens with one attached hydrogen (secondary N) is 1. The van der Waals surface area contributed by atoms with Crippen molar-refractivity contribution in [2.45, 2.75) is 31.9 Å². The molecule has 1 aliphatic rings. The Morgan fingerprint density at radius 3 is 3.15 bits per heavy atom. The lowest BCUT2D eigenvalue weighted by Gasteiger charge is -2.27. The van der Waals surface area contributed by atoms with Crippen LogP contribution in [0.15, 0.2) is 11.6 Å². The SMILES string of the molecule is CC1CCC(Nc2cnsc2)CO1. The van der Waals surface area contributed by atoms with Gasteiger partial charge in [-0.25, -0.2) is 0 Å². The molecule has 1 aromatic rings. The van der Waals surface area contributed by atoms with Gasteiger partial charge in [-0.3, -0.25) is 0 Å². The summed E-state index contributed by atoms with van der Waals surface area (Å²) in [6.45, 7) is 2.94. The maximum atomic E-state index is 5.56. The van der Waals surface area contributed by atoms with E-state index in [1.54, 1.807) is 0 Å². The Morgan fingerprint density at radius 1 is 1.62 bits per heavy atom. The van der Waals surface area contributed by atoms with Crippen LogP contribution in [0.1, 0.15) is 19.8 Å². The van der Waals surface area contributed by atoms with Gasteiger partial charge in [0.25, 0.3) is 0 Å². The minimum absolute atomic E-state index is 0.429. The van der Waals surface area contributed by atoms with E-state index in [1.165, 1.54) is 18.0 Å². The van der Waals surface area contributed by atoms with Crippen LogP contribution in [-0.2, 0) is 4.74 Å². The van der Waals surface area contributed by atoms with Crippen molar-refractivity contribution in [1.29, 1.82) is 0 Å². The van der Waals surface area contributed by atoms with Crippen LogP contribution in [0.5, 0.6) is 0 Å². The molecule has 2 rings (SSSR count). The van der Waals surface area contributed by atoms with Crippen molar-refractivity contribution >= 4 is 17.2 Å². The van der Waals surface area contributed by atoms with Crippen LogP contribution in [0, 0.1) is 0 Å². The smallest absolute Gasteiger partial charge is 0.0671 e. The van der Waals surface area contributed by atoms with Gasteiger partial charge in [-0.15, -0.1) is 0 Å². The van der Waals surface area contributed by atoms with E-state index >= 15 is 0 Å². The number of rotatable bonds is 2. The molecule has 0 spiro atoms. The van der Waals surface area contributed by atoms with E-state index in [4.69, 9.17) is 4.74 Å². The highest BCUT2D eigenvalue weighted by Crippen LogP contribution is 2.17. The van der Waals surface area contributed by atoms with Crippen LogP contribution in [0.25, 0.3) is 0 Å². The number of hydrogen-bond donors (Lipinski definition) is 1. The van der Waals surface area contributed by atoms with Crippen molar-refractivity contribution in [2.24, 2.45) is 0 Å². The third kappa shape index (κ3) is 2.42. The fourth-order valence-electron chi connectivity index (χ4n) is 1.51.